The summed E-state index contributed by atoms with van der Waals surface area (Å²) in [5.41, 5.74) is 0.765. The van der Waals surface area contributed by atoms with E-state index in [9.17, 15) is 81.8 Å². The highest BCUT2D eigenvalue weighted by molar-refractivity contribution is 5.90. The van der Waals surface area contributed by atoms with Gasteiger partial charge in [0, 0.05) is 146 Å². The van der Waals surface area contributed by atoms with Crippen LogP contribution in [-0.4, -0.2) is 252 Å². The van der Waals surface area contributed by atoms with Gasteiger partial charge in [-0.05, 0) is 76.2 Å². The Morgan fingerprint density at radius 3 is 1.25 bits per heavy atom. The van der Waals surface area contributed by atoms with Crippen LogP contribution >= 0.6 is 0 Å². The Morgan fingerprint density at radius 2 is 0.763 bits per heavy atom. The van der Waals surface area contributed by atoms with Crippen LogP contribution in [-0.2, 0) is 159 Å². The maximum absolute atomic E-state index is 14.1. The highest BCUT2D eigenvalue weighted by Crippen LogP contribution is 2.37. The molecule has 0 bridgehead atoms. The summed E-state index contributed by atoms with van der Waals surface area (Å²) in [6, 6.07) is 6.43. The van der Waals surface area contributed by atoms with Crippen LogP contribution in [0.4, 0.5) is 0 Å². The van der Waals surface area contributed by atoms with Crippen molar-refractivity contribution in [3.05, 3.63) is 35.9 Å². The predicted molar refractivity (Wildman–Crippen MR) is 408 cm³/mol. The summed E-state index contributed by atoms with van der Waals surface area (Å²) in [4.78, 5) is 202. The molecule has 1 aromatic carbocycles. The molecular weight excluding hydrogens is 1560 g/mol. The van der Waals surface area contributed by atoms with Gasteiger partial charge < -0.3 is 107 Å². The van der Waals surface area contributed by atoms with Crippen LogP contribution in [0.1, 0.15) is 210 Å². The molecule has 664 valence electrons. The fraction of sp³-hybridized carbons (Fsp3) is 0.725. The smallest absolute Gasteiger partial charge is 0.306 e. The molecule has 5 amide bonds. The van der Waals surface area contributed by atoms with E-state index in [1.54, 1.807) is 24.3 Å². The Morgan fingerprint density at radius 1 is 0.373 bits per heavy atom. The molecule has 2 heterocycles. The van der Waals surface area contributed by atoms with Crippen LogP contribution < -0.4 is 26.6 Å². The first-order valence-corrected chi connectivity index (χ1v) is 40.2. The van der Waals surface area contributed by atoms with E-state index in [0.29, 0.717) is 96.5 Å². The number of aliphatic hydroxyl groups is 1. The van der Waals surface area contributed by atoms with Gasteiger partial charge in [-0.1, -0.05) is 68.9 Å². The van der Waals surface area contributed by atoms with Gasteiger partial charge in [0.2, 0.25) is 29.5 Å². The molecule has 3 unspecified atom stereocenters. The number of nitrogens with one attached hydrogen (secondary N) is 5. The van der Waals surface area contributed by atoms with Crippen LogP contribution in [0.3, 0.4) is 0 Å². The van der Waals surface area contributed by atoms with Crippen molar-refractivity contribution in [2.45, 2.75) is 296 Å². The normalized spacial score (nSPS) is 22.5. The number of carbonyl (C=O) groups excluding carboxylic acids is 16. The summed E-state index contributed by atoms with van der Waals surface area (Å²) < 4.78 is 89.0. The monoisotopic (exact) mass is 1680 g/mol. The first kappa shape index (κ1) is 101. The van der Waals surface area contributed by atoms with E-state index in [4.69, 9.17) is 75.8 Å². The molecule has 38 heteroatoms. The number of aliphatic hydroxyl groups excluding tert-OH is 1. The molecule has 1 saturated carbocycles. The molecule has 3 fully saturated rings. The van der Waals surface area contributed by atoms with Gasteiger partial charge in [0.25, 0.3) is 0 Å². The van der Waals surface area contributed by atoms with Gasteiger partial charge in [-0.15, -0.1) is 0 Å². The van der Waals surface area contributed by atoms with Gasteiger partial charge in [-0.25, -0.2) is 0 Å². The second kappa shape index (κ2) is 56.0. The Bertz CT molecular complexity index is 3380. The maximum atomic E-state index is 14.1. The van der Waals surface area contributed by atoms with Crippen molar-refractivity contribution in [2.75, 3.05) is 65.9 Å². The first-order chi connectivity index (χ1) is 56.2. The number of esters is 11. The fourth-order valence-electron chi connectivity index (χ4n) is 13.3. The molecule has 1 aromatic rings. The second-order valence-corrected chi connectivity index (χ2v) is 28.9. The number of benzene rings is 1. The Labute approximate surface area is 686 Å². The Balaban J connectivity index is 1.41. The number of rotatable bonds is 54. The lowest BCUT2D eigenvalue weighted by Crippen LogP contribution is -2.63. The molecule has 4 rings (SSSR count). The third-order valence-electron chi connectivity index (χ3n) is 18.8. The largest absolute Gasteiger partial charge is 0.465 e. The standard InChI is InChI=1S/C80H121N5O33/c1-48(86)106-44-59-60(45-107-49(2)87)64(111-52(5)90)34-33-63(59)103-40-23-14-12-21-38-82-77(101)61(31-35-67(96)81-37-20-11-15-24-42-105-80-76(116-57(10)95)74(114-55(8)93)72(112-53(6)91)66(118-80)47-109-51(4)89)85-69(98)36-32-62(84-68(97)29-26-30-70(99)110-43-58-27-18-17-19-28-58)78(102)83-39-22-13-16-25-41-104-79-75(115-56(9)94)73(113-54(7)92)71(100)65(117-79)46-108-50(3)88/h17-19,27-28,59-66,71-76,79-80,100H,11-16,20-26,29-47H2,1-10H3,(H,81,96)(H,82,101)(H,83,102)(H,84,97)(H,85,98)/t59-,60+,61?,62?,63-,64-,65-,66-,71-,72-,73+,74+,75+,76+,79+,80?/m1/s1. The van der Waals surface area contributed by atoms with Gasteiger partial charge >= 0.3 is 65.7 Å². The Hall–Kier alpha value is -9.50. The molecular formula is C80H121N5O33. The van der Waals surface area contributed by atoms with Gasteiger partial charge in [0.05, 0.1) is 19.3 Å². The van der Waals surface area contributed by atoms with Crippen LogP contribution in [0.15, 0.2) is 30.3 Å². The van der Waals surface area contributed by atoms with Crippen molar-refractivity contribution in [1.29, 1.82) is 0 Å². The van der Waals surface area contributed by atoms with E-state index in [2.05, 4.69) is 26.6 Å². The van der Waals surface area contributed by atoms with Gasteiger partial charge in [0.1, 0.15) is 56.3 Å². The molecule has 2 saturated heterocycles. The molecule has 3 aliphatic rings. The minimum absolute atomic E-state index is 0.0206. The van der Waals surface area contributed by atoms with Crippen LogP contribution in [0.2, 0.25) is 0 Å². The SMILES string of the molecule is CC(=O)OC[C@@H]1[C@H](COC(C)=O)[C@H](OC(C)=O)CC[C@H]1OCCCCCCNC(=O)C(CCC(=O)NCCCCCCOC1O[C@H](COC(C)=O)[C@@H](OC(C)=O)[C@H](OC(C)=O)[C@@H]1OC(C)=O)NC(=O)CCC(NC(=O)CCCC(=O)OCc1ccccc1)C(=O)NCCCCCCO[C@H]1O[C@H](COC(C)=O)[C@@H](O)[C@H](OC(C)=O)[C@@H]1OC(C)=O. The molecule has 16 atom stereocenters. The summed E-state index contributed by atoms with van der Waals surface area (Å²) >= 11 is 0. The van der Waals surface area contributed by atoms with Crippen LogP contribution in [0.25, 0.3) is 0 Å². The summed E-state index contributed by atoms with van der Waals surface area (Å²) in [5, 5.41) is 24.9. The van der Waals surface area contributed by atoms with Crippen molar-refractivity contribution in [1.82, 2.24) is 26.6 Å². The van der Waals surface area contributed by atoms with Crippen LogP contribution in [0.5, 0.6) is 0 Å². The molecule has 118 heavy (non-hydrogen) atoms. The summed E-state index contributed by atoms with van der Waals surface area (Å²) in [6.45, 7) is 11.5. The topological polar surface area (TPSA) is 501 Å². The summed E-state index contributed by atoms with van der Waals surface area (Å²) in [7, 11) is 0. The minimum Gasteiger partial charge on any atom is -0.465 e. The zero-order valence-corrected chi connectivity index (χ0v) is 69.3. The van der Waals surface area contributed by atoms with Crippen molar-refractivity contribution < 1.29 is 158 Å². The van der Waals surface area contributed by atoms with E-state index in [1.807, 2.05) is 6.07 Å². The molecule has 1 aliphatic carbocycles. The number of unbranched alkanes of at least 4 members (excludes halogenated alkanes) is 9. The molecule has 0 aromatic heterocycles. The fourth-order valence-corrected chi connectivity index (χ4v) is 13.3. The molecule has 0 radical (unpaired) electrons. The van der Waals surface area contributed by atoms with Crippen molar-refractivity contribution in [3.8, 4) is 0 Å². The summed E-state index contributed by atoms with van der Waals surface area (Å²) in [5.74, 6) is -11.4. The third kappa shape index (κ3) is 41.3. The minimum atomic E-state index is -1.57. The maximum Gasteiger partial charge on any atom is 0.306 e. The number of hydrogen-bond donors (Lipinski definition) is 6. The molecule has 2 aliphatic heterocycles. The first-order valence-electron chi connectivity index (χ1n) is 40.2. The van der Waals surface area contributed by atoms with E-state index in [-0.39, 0.29) is 91.2 Å². The quantitative estimate of drug-likeness (QED) is 0.0308. The second-order valence-electron chi connectivity index (χ2n) is 28.9. The average Bonchev–Trinajstić information content (AvgIpc) is 0.771. The zero-order valence-electron chi connectivity index (χ0n) is 69.3. The zero-order chi connectivity index (χ0) is 87.1. The predicted octanol–water partition coefficient (Wildman–Crippen LogP) is 3.56. The van der Waals surface area contributed by atoms with E-state index in [0.717, 1.165) is 54.0 Å². The van der Waals surface area contributed by atoms with Gasteiger partial charge in [0.15, 0.2) is 43.1 Å². The van der Waals surface area contributed by atoms with Crippen LogP contribution in [0, 0.1) is 11.8 Å². The summed E-state index contributed by atoms with van der Waals surface area (Å²) in [6.07, 6.45) is -8.81. The number of hydrogen-bond acceptors (Lipinski definition) is 33. The van der Waals surface area contributed by atoms with Crippen molar-refractivity contribution >= 4 is 95.2 Å². The number of amides is 5. The van der Waals surface area contributed by atoms with Crippen molar-refractivity contribution in [3.63, 3.8) is 0 Å². The highest BCUT2D eigenvalue weighted by atomic mass is 16.7. The van der Waals surface area contributed by atoms with E-state index >= 15 is 0 Å². The Kier molecular flexibility index (Phi) is 47.9. The van der Waals surface area contributed by atoms with Gasteiger partial charge in [-0.2, -0.15) is 0 Å². The average molecular weight is 1680 g/mol. The number of carbonyl (C=O) groups is 16. The lowest BCUT2D eigenvalue weighted by molar-refractivity contribution is -0.308. The van der Waals surface area contributed by atoms with Gasteiger partial charge in [-0.3, -0.25) is 76.7 Å². The molecule has 38 nitrogen and oxygen atoms in total. The lowest BCUT2D eigenvalue weighted by atomic mass is 9.75. The molecule has 6 N–H and O–H groups in total. The third-order valence-corrected chi connectivity index (χ3v) is 18.8. The lowest BCUT2D eigenvalue weighted by Gasteiger charge is -2.44. The van der Waals surface area contributed by atoms with Crippen molar-refractivity contribution in [2.24, 2.45) is 11.8 Å². The number of ether oxygens (including phenoxy) is 16. The van der Waals surface area contributed by atoms with E-state index in [1.165, 1.54) is 20.8 Å². The van der Waals surface area contributed by atoms with E-state index < -0.39 is 212 Å². The highest BCUT2D eigenvalue weighted by Gasteiger charge is 2.54. The molecule has 0 spiro atoms.